The lowest BCUT2D eigenvalue weighted by Crippen LogP contribution is -2.43. The number of hydrogen-bond donors (Lipinski definition) is 0. The average molecular weight is 272 g/mol. The van der Waals surface area contributed by atoms with Crippen molar-refractivity contribution in [2.75, 3.05) is 0 Å². The molecule has 0 unspecified atom stereocenters. The topological polar surface area (TPSA) is 34.1 Å². The lowest BCUT2D eigenvalue weighted by molar-refractivity contribution is -0.117. The van der Waals surface area contributed by atoms with Crippen molar-refractivity contribution >= 4 is 11.6 Å². The van der Waals surface area contributed by atoms with E-state index in [1.807, 2.05) is 6.08 Å². The van der Waals surface area contributed by atoms with Gasteiger partial charge in [-0.2, -0.15) is 0 Å². The van der Waals surface area contributed by atoms with E-state index in [-0.39, 0.29) is 11.2 Å². The smallest absolute Gasteiger partial charge is 0.155 e. The van der Waals surface area contributed by atoms with Crippen LogP contribution in [0.1, 0.15) is 52.4 Å². The van der Waals surface area contributed by atoms with Gasteiger partial charge >= 0.3 is 0 Å². The summed E-state index contributed by atoms with van der Waals surface area (Å²) in [6.45, 7) is 4.74. The van der Waals surface area contributed by atoms with Crippen LogP contribution in [0, 0.1) is 23.2 Å². The van der Waals surface area contributed by atoms with Gasteiger partial charge in [0, 0.05) is 12.8 Å². The fraction of sp³-hybridized carbons (Fsp3) is 0.667. The minimum atomic E-state index is 0.236. The van der Waals surface area contributed by atoms with Gasteiger partial charge in [-0.25, -0.2) is 0 Å². The molecule has 0 N–H and O–H groups in total. The van der Waals surface area contributed by atoms with Gasteiger partial charge in [0.25, 0.3) is 0 Å². The van der Waals surface area contributed by atoms with Crippen molar-refractivity contribution in [1.29, 1.82) is 0 Å². The summed E-state index contributed by atoms with van der Waals surface area (Å²) in [7, 11) is 0. The zero-order valence-corrected chi connectivity index (χ0v) is 12.5. The van der Waals surface area contributed by atoms with E-state index in [1.165, 1.54) is 5.57 Å². The van der Waals surface area contributed by atoms with Crippen molar-refractivity contribution in [1.82, 2.24) is 0 Å². The number of allylic oxidation sites excluding steroid dienone is 4. The summed E-state index contributed by atoms with van der Waals surface area (Å²) in [6, 6.07) is 0. The minimum Gasteiger partial charge on any atom is -0.295 e. The number of ketones is 2. The molecule has 3 aliphatic rings. The molecular weight excluding hydrogens is 248 g/mol. The Hall–Kier alpha value is -1.18. The first-order valence-electron chi connectivity index (χ1n) is 7.93. The molecule has 0 bridgehead atoms. The molecule has 0 aromatic carbocycles. The lowest BCUT2D eigenvalue weighted by atomic mass is 9.54. The second kappa shape index (κ2) is 4.98. The molecule has 3 aliphatic carbocycles. The molecule has 0 saturated heterocycles. The van der Waals surface area contributed by atoms with E-state index in [4.69, 9.17) is 0 Å². The largest absolute Gasteiger partial charge is 0.295 e. The van der Waals surface area contributed by atoms with E-state index in [2.05, 4.69) is 19.9 Å². The monoisotopic (exact) mass is 272 g/mol. The molecule has 0 spiro atoms. The van der Waals surface area contributed by atoms with E-state index in [9.17, 15) is 9.59 Å². The normalized spacial score (nSPS) is 36.5. The van der Waals surface area contributed by atoms with Crippen LogP contribution >= 0.6 is 0 Å². The Morgan fingerprint density at radius 1 is 1.00 bits per heavy atom. The Morgan fingerprint density at radius 2 is 1.75 bits per heavy atom. The molecule has 0 heterocycles. The minimum absolute atomic E-state index is 0.236. The Kier molecular flexibility index (Phi) is 3.43. The van der Waals surface area contributed by atoms with Crippen molar-refractivity contribution in [3.05, 3.63) is 23.8 Å². The summed E-state index contributed by atoms with van der Waals surface area (Å²) in [4.78, 5) is 23.0. The SMILES string of the molecule is CC1(C)[C@H]2CCC(=O)C=C2CC[C@H]1[C@H]1C=CC(=O)CC1. The van der Waals surface area contributed by atoms with Crippen LogP contribution in [0.4, 0.5) is 0 Å². The van der Waals surface area contributed by atoms with Gasteiger partial charge in [-0.3, -0.25) is 9.59 Å². The van der Waals surface area contributed by atoms with Gasteiger partial charge < -0.3 is 0 Å². The maximum atomic E-state index is 11.6. The predicted octanol–water partition coefficient (Wildman–Crippen LogP) is 3.86. The highest BCUT2D eigenvalue weighted by Crippen LogP contribution is 2.54. The molecule has 0 aromatic heterocycles. The van der Waals surface area contributed by atoms with Crippen LogP contribution in [0.3, 0.4) is 0 Å². The highest BCUT2D eigenvalue weighted by molar-refractivity contribution is 5.91. The number of fused-ring (bicyclic) bond motifs is 1. The van der Waals surface area contributed by atoms with Gasteiger partial charge in [0.15, 0.2) is 11.6 Å². The number of hydrogen-bond acceptors (Lipinski definition) is 2. The lowest BCUT2D eigenvalue weighted by Gasteiger charge is -2.50. The van der Waals surface area contributed by atoms with Crippen LogP contribution in [0.2, 0.25) is 0 Å². The zero-order chi connectivity index (χ0) is 14.3. The molecule has 1 saturated carbocycles. The third kappa shape index (κ3) is 2.30. The molecule has 20 heavy (non-hydrogen) atoms. The van der Waals surface area contributed by atoms with E-state index in [1.54, 1.807) is 6.08 Å². The average Bonchev–Trinajstić information content (AvgIpc) is 2.40. The zero-order valence-electron chi connectivity index (χ0n) is 12.5. The first-order valence-corrected chi connectivity index (χ1v) is 7.93. The Morgan fingerprint density at radius 3 is 2.45 bits per heavy atom. The molecule has 2 heteroatoms. The van der Waals surface area contributed by atoms with Crippen molar-refractivity contribution in [3.63, 3.8) is 0 Å². The van der Waals surface area contributed by atoms with Crippen LogP contribution < -0.4 is 0 Å². The quantitative estimate of drug-likeness (QED) is 0.726. The van der Waals surface area contributed by atoms with Crippen LogP contribution in [0.15, 0.2) is 23.8 Å². The van der Waals surface area contributed by atoms with Gasteiger partial charge in [-0.05, 0) is 61.0 Å². The van der Waals surface area contributed by atoms with E-state index in [0.717, 1.165) is 25.7 Å². The number of rotatable bonds is 1. The first-order chi connectivity index (χ1) is 9.48. The van der Waals surface area contributed by atoms with E-state index >= 15 is 0 Å². The van der Waals surface area contributed by atoms with Gasteiger partial charge in [0.2, 0.25) is 0 Å². The molecule has 108 valence electrons. The maximum Gasteiger partial charge on any atom is 0.155 e. The third-order valence-electron chi connectivity index (χ3n) is 5.84. The number of carbonyl (C=O) groups excluding carboxylic acids is 2. The number of carbonyl (C=O) groups is 2. The Bertz CT molecular complexity index is 496. The third-order valence-corrected chi connectivity index (χ3v) is 5.84. The molecule has 0 aliphatic heterocycles. The molecule has 3 rings (SSSR count). The van der Waals surface area contributed by atoms with Gasteiger partial charge in [0.1, 0.15) is 0 Å². The van der Waals surface area contributed by atoms with Crippen molar-refractivity contribution in [2.24, 2.45) is 23.2 Å². The fourth-order valence-electron chi connectivity index (χ4n) is 4.72. The highest BCUT2D eigenvalue weighted by atomic mass is 16.1. The highest BCUT2D eigenvalue weighted by Gasteiger charge is 2.46. The van der Waals surface area contributed by atoms with Gasteiger partial charge in [0.05, 0.1) is 0 Å². The molecule has 0 radical (unpaired) electrons. The summed E-state index contributed by atoms with van der Waals surface area (Å²) in [5, 5.41) is 0. The molecule has 2 nitrogen and oxygen atoms in total. The summed E-state index contributed by atoms with van der Waals surface area (Å²) in [5.74, 6) is 2.33. The van der Waals surface area contributed by atoms with Gasteiger partial charge in [-0.1, -0.05) is 25.5 Å². The summed E-state index contributed by atoms with van der Waals surface area (Å²) in [6.07, 6.45) is 11.5. The van der Waals surface area contributed by atoms with Crippen LogP contribution in [-0.2, 0) is 9.59 Å². The summed E-state index contributed by atoms with van der Waals surface area (Å²) in [5.41, 5.74) is 1.62. The van der Waals surface area contributed by atoms with Crippen molar-refractivity contribution < 1.29 is 9.59 Å². The van der Waals surface area contributed by atoms with Gasteiger partial charge in [-0.15, -0.1) is 0 Å². The molecule has 1 fully saturated rings. The molecule has 3 atom stereocenters. The Labute approximate surface area is 121 Å². The summed E-state index contributed by atoms with van der Waals surface area (Å²) >= 11 is 0. The standard InChI is InChI=1S/C18H24O2/c1-18(2)16(12-3-6-14(19)7-4-12)9-5-13-11-15(20)8-10-17(13)18/h3,6,11-12,16-17H,4-5,7-10H2,1-2H3/t12-,16-,17-/m0/s1. The second-order valence-electron chi connectivity index (χ2n) is 7.27. The molecular formula is C18H24O2. The van der Waals surface area contributed by atoms with E-state index < -0.39 is 0 Å². The second-order valence-corrected chi connectivity index (χ2v) is 7.27. The Balaban J connectivity index is 1.85. The summed E-state index contributed by atoms with van der Waals surface area (Å²) < 4.78 is 0. The maximum absolute atomic E-state index is 11.6. The van der Waals surface area contributed by atoms with Crippen LogP contribution in [0.25, 0.3) is 0 Å². The van der Waals surface area contributed by atoms with Crippen molar-refractivity contribution in [2.45, 2.75) is 52.4 Å². The van der Waals surface area contributed by atoms with Crippen molar-refractivity contribution in [3.8, 4) is 0 Å². The predicted molar refractivity (Wildman–Crippen MR) is 79.2 cm³/mol. The van der Waals surface area contributed by atoms with Crippen LogP contribution in [0.5, 0.6) is 0 Å². The van der Waals surface area contributed by atoms with Crippen LogP contribution in [-0.4, -0.2) is 11.6 Å². The molecule has 0 aromatic rings. The van der Waals surface area contributed by atoms with E-state index in [0.29, 0.717) is 36.4 Å². The molecule has 0 amide bonds. The fourth-order valence-corrected chi connectivity index (χ4v) is 4.72. The first kappa shape index (κ1) is 13.8.